The predicted molar refractivity (Wildman–Crippen MR) is 61.6 cm³/mol. The number of carbonyl (C=O) groups excluding carboxylic acids is 1. The second-order valence-corrected chi connectivity index (χ2v) is 5.22. The Morgan fingerprint density at radius 2 is 2.06 bits per heavy atom. The molecule has 0 bridgehead atoms. The van der Waals surface area contributed by atoms with E-state index in [-0.39, 0.29) is 25.1 Å². The lowest BCUT2D eigenvalue weighted by Crippen LogP contribution is -2.47. The summed E-state index contributed by atoms with van der Waals surface area (Å²) in [6.07, 6.45) is -0.984. The molecule has 8 heteroatoms. The molecule has 1 amide bonds. The molecule has 0 radical (unpaired) electrons. The number of alkyl halides is 1. The molecule has 0 spiro atoms. The summed E-state index contributed by atoms with van der Waals surface area (Å²) in [7, 11) is -3.88. The SMILES string of the molecule is CCOC(=O)NS(=O)(=O)N(CCCl)C(C)C. The van der Waals surface area contributed by atoms with E-state index in [2.05, 4.69) is 4.74 Å². The molecular formula is C8H17ClN2O4S. The van der Waals surface area contributed by atoms with E-state index in [0.717, 1.165) is 4.31 Å². The van der Waals surface area contributed by atoms with Crippen molar-refractivity contribution < 1.29 is 17.9 Å². The Kier molecular flexibility index (Phi) is 6.70. The van der Waals surface area contributed by atoms with Crippen molar-refractivity contribution in [1.82, 2.24) is 9.03 Å². The first-order chi connectivity index (χ1) is 7.35. The Labute approximate surface area is 101 Å². The third-order valence-corrected chi connectivity index (χ3v) is 3.49. The third kappa shape index (κ3) is 5.00. The maximum Gasteiger partial charge on any atom is 0.421 e. The van der Waals surface area contributed by atoms with Gasteiger partial charge in [-0.05, 0) is 20.8 Å². The van der Waals surface area contributed by atoms with Gasteiger partial charge in [-0.15, -0.1) is 11.6 Å². The van der Waals surface area contributed by atoms with Crippen molar-refractivity contribution in [3.05, 3.63) is 0 Å². The average molecular weight is 273 g/mol. The second kappa shape index (κ2) is 6.93. The van der Waals surface area contributed by atoms with Crippen LogP contribution < -0.4 is 4.72 Å². The number of ether oxygens (including phenoxy) is 1. The topological polar surface area (TPSA) is 75.7 Å². The first-order valence-electron chi connectivity index (χ1n) is 4.87. The van der Waals surface area contributed by atoms with Crippen LogP contribution in [-0.2, 0) is 14.9 Å². The lowest BCUT2D eigenvalue weighted by molar-refractivity contribution is 0.158. The van der Waals surface area contributed by atoms with Crippen LogP contribution in [0, 0.1) is 0 Å². The van der Waals surface area contributed by atoms with Crippen LogP contribution in [-0.4, -0.2) is 43.9 Å². The summed E-state index contributed by atoms with van der Waals surface area (Å²) in [6.45, 7) is 5.21. The third-order valence-electron chi connectivity index (χ3n) is 1.68. The van der Waals surface area contributed by atoms with E-state index in [0.29, 0.717) is 0 Å². The molecule has 6 nitrogen and oxygen atoms in total. The van der Waals surface area contributed by atoms with Gasteiger partial charge in [0.1, 0.15) is 0 Å². The zero-order valence-corrected chi connectivity index (χ0v) is 11.1. The van der Waals surface area contributed by atoms with Gasteiger partial charge < -0.3 is 4.74 Å². The van der Waals surface area contributed by atoms with E-state index in [1.807, 2.05) is 0 Å². The Bertz CT molecular complexity index is 318. The first kappa shape index (κ1) is 15.5. The summed E-state index contributed by atoms with van der Waals surface area (Å²) in [4.78, 5) is 11.0. The minimum Gasteiger partial charge on any atom is -0.449 e. The Balaban J connectivity index is 4.66. The highest BCUT2D eigenvalue weighted by Gasteiger charge is 2.26. The van der Waals surface area contributed by atoms with Crippen molar-refractivity contribution >= 4 is 27.9 Å². The number of nitrogens with zero attached hydrogens (tertiary/aromatic N) is 1. The van der Waals surface area contributed by atoms with E-state index in [1.54, 1.807) is 25.5 Å². The fourth-order valence-corrected chi connectivity index (χ4v) is 2.62. The molecule has 0 saturated carbocycles. The highest BCUT2D eigenvalue weighted by Crippen LogP contribution is 2.05. The van der Waals surface area contributed by atoms with E-state index in [4.69, 9.17) is 11.6 Å². The minimum atomic E-state index is -3.88. The Morgan fingerprint density at radius 3 is 2.44 bits per heavy atom. The van der Waals surface area contributed by atoms with Crippen LogP contribution in [0.25, 0.3) is 0 Å². The molecule has 0 heterocycles. The van der Waals surface area contributed by atoms with Gasteiger partial charge >= 0.3 is 16.3 Å². The lowest BCUT2D eigenvalue weighted by atomic mass is 10.4. The normalized spacial score (nSPS) is 11.9. The van der Waals surface area contributed by atoms with Crippen LogP contribution in [0.4, 0.5) is 4.79 Å². The van der Waals surface area contributed by atoms with Gasteiger partial charge in [-0.25, -0.2) is 9.52 Å². The highest BCUT2D eigenvalue weighted by molar-refractivity contribution is 7.87. The summed E-state index contributed by atoms with van der Waals surface area (Å²) < 4.78 is 30.8. The van der Waals surface area contributed by atoms with E-state index in [9.17, 15) is 13.2 Å². The molecule has 0 aliphatic rings. The fraction of sp³-hybridized carbons (Fsp3) is 0.875. The number of nitrogens with one attached hydrogen (secondary N) is 1. The van der Waals surface area contributed by atoms with Crippen LogP contribution in [0.5, 0.6) is 0 Å². The highest BCUT2D eigenvalue weighted by atomic mass is 35.5. The minimum absolute atomic E-state index is 0.110. The molecule has 0 aromatic carbocycles. The Hall–Kier alpha value is -0.530. The van der Waals surface area contributed by atoms with Crippen LogP contribution >= 0.6 is 11.6 Å². The molecule has 96 valence electrons. The molecule has 0 aromatic heterocycles. The maximum atomic E-state index is 11.7. The van der Waals surface area contributed by atoms with Gasteiger partial charge in [0.15, 0.2) is 0 Å². The number of hydrogen-bond donors (Lipinski definition) is 1. The zero-order valence-electron chi connectivity index (χ0n) is 9.57. The number of rotatable bonds is 6. The first-order valence-corrected chi connectivity index (χ1v) is 6.85. The summed E-state index contributed by atoms with van der Waals surface area (Å²) >= 11 is 5.49. The van der Waals surface area contributed by atoms with E-state index < -0.39 is 16.3 Å². The molecule has 1 N–H and O–H groups in total. The van der Waals surface area contributed by atoms with Gasteiger partial charge in [-0.2, -0.15) is 12.7 Å². The molecule has 16 heavy (non-hydrogen) atoms. The standard InChI is InChI=1S/C8H17ClN2O4S/c1-4-15-8(12)10-16(13,14)11(6-5-9)7(2)3/h7H,4-6H2,1-3H3,(H,10,12). The molecule has 0 aliphatic heterocycles. The number of carbonyl (C=O) groups is 1. The molecule has 0 aliphatic carbocycles. The zero-order chi connectivity index (χ0) is 12.8. The second-order valence-electron chi connectivity index (χ2n) is 3.22. The largest absolute Gasteiger partial charge is 0.449 e. The molecule has 0 atom stereocenters. The Morgan fingerprint density at radius 1 is 1.50 bits per heavy atom. The average Bonchev–Trinajstić information content (AvgIpc) is 2.12. The van der Waals surface area contributed by atoms with Gasteiger partial charge in [0, 0.05) is 18.5 Å². The predicted octanol–water partition coefficient (Wildman–Crippen LogP) is 0.926. The van der Waals surface area contributed by atoms with Crippen molar-refractivity contribution in [2.45, 2.75) is 26.8 Å². The van der Waals surface area contributed by atoms with E-state index in [1.165, 1.54) is 0 Å². The molecule has 0 unspecified atom stereocenters. The van der Waals surface area contributed by atoms with Gasteiger partial charge in [-0.1, -0.05) is 0 Å². The van der Waals surface area contributed by atoms with Crippen LogP contribution in [0.15, 0.2) is 0 Å². The maximum absolute atomic E-state index is 11.7. The van der Waals surface area contributed by atoms with E-state index >= 15 is 0 Å². The summed E-state index contributed by atoms with van der Waals surface area (Å²) in [5.74, 6) is 0.155. The van der Waals surface area contributed by atoms with Crippen LogP contribution in [0.2, 0.25) is 0 Å². The number of halogens is 1. The number of hydrogen-bond acceptors (Lipinski definition) is 4. The smallest absolute Gasteiger partial charge is 0.421 e. The molecule has 0 aromatic rings. The van der Waals surface area contributed by atoms with Gasteiger partial charge in [0.2, 0.25) is 0 Å². The summed E-state index contributed by atoms with van der Waals surface area (Å²) in [5.41, 5.74) is 0. The van der Waals surface area contributed by atoms with Crippen molar-refractivity contribution in [3.63, 3.8) is 0 Å². The molecule has 0 fully saturated rings. The van der Waals surface area contributed by atoms with Crippen molar-refractivity contribution in [2.24, 2.45) is 0 Å². The van der Waals surface area contributed by atoms with Crippen molar-refractivity contribution in [3.8, 4) is 0 Å². The molecule has 0 saturated heterocycles. The van der Waals surface area contributed by atoms with Crippen molar-refractivity contribution in [1.29, 1.82) is 0 Å². The molecule has 0 rings (SSSR count). The lowest BCUT2D eigenvalue weighted by Gasteiger charge is -2.24. The monoisotopic (exact) mass is 272 g/mol. The van der Waals surface area contributed by atoms with Gasteiger partial charge in [0.05, 0.1) is 6.61 Å². The van der Waals surface area contributed by atoms with Gasteiger partial charge in [-0.3, -0.25) is 0 Å². The number of amides is 1. The fourth-order valence-electron chi connectivity index (χ4n) is 1.06. The molecular weight excluding hydrogens is 256 g/mol. The van der Waals surface area contributed by atoms with Crippen LogP contribution in [0.3, 0.4) is 0 Å². The quantitative estimate of drug-likeness (QED) is 0.730. The van der Waals surface area contributed by atoms with Crippen molar-refractivity contribution in [2.75, 3.05) is 19.0 Å². The van der Waals surface area contributed by atoms with Crippen LogP contribution in [0.1, 0.15) is 20.8 Å². The summed E-state index contributed by atoms with van der Waals surface area (Å²) in [5, 5.41) is 0. The van der Waals surface area contributed by atoms with Gasteiger partial charge in [0.25, 0.3) is 0 Å². The summed E-state index contributed by atoms with van der Waals surface area (Å²) in [6, 6.07) is -0.286.